The number of aryl methyl sites for hydroxylation is 1. The number of nitrogens with zero attached hydrogens (tertiary/aromatic N) is 1. The highest BCUT2D eigenvalue weighted by Crippen LogP contribution is 2.30. The molecular formula is C17H30N2O. The van der Waals surface area contributed by atoms with Crippen molar-refractivity contribution in [2.24, 2.45) is 5.92 Å². The Bertz CT molecular complexity index is 396. The maximum absolute atomic E-state index is 6.04. The normalized spacial score (nSPS) is 15.2. The third kappa shape index (κ3) is 4.95. The van der Waals surface area contributed by atoms with Gasteiger partial charge in [-0.15, -0.1) is 0 Å². The summed E-state index contributed by atoms with van der Waals surface area (Å²) >= 11 is 0. The fourth-order valence-electron chi connectivity index (χ4n) is 2.66. The Kier molecular flexibility index (Phi) is 6.11. The zero-order valence-electron chi connectivity index (χ0n) is 13.4. The van der Waals surface area contributed by atoms with Crippen molar-refractivity contribution in [1.82, 2.24) is 10.2 Å². The summed E-state index contributed by atoms with van der Waals surface area (Å²) in [6.45, 7) is 11.9. The first-order valence-corrected chi connectivity index (χ1v) is 8.24. The molecule has 0 unspecified atom stereocenters. The largest absolute Gasteiger partial charge is 0.463 e. The molecule has 3 heteroatoms. The minimum Gasteiger partial charge on any atom is -0.463 e. The van der Waals surface area contributed by atoms with Gasteiger partial charge in [-0.1, -0.05) is 13.8 Å². The van der Waals surface area contributed by atoms with Gasteiger partial charge in [0.25, 0.3) is 0 Å². The molecule has 1 heterocycles. The summed E-state index contributed by atoms with van der Waals surface area (Å²) in [5.74, 6) is 3.18. The van der Waals surface area contributed by atoms with Gasteiger partial charge in [-0.05, 0) is 63.2 Å². The average molecular weight is 278 g/mol. The molecule has 114 valence electrons. The van der Waals surface area contributed by atoms with Crippen molar-refractivity contribution in [3.63, 3.8) is 0 Å². The van der Waals surface area contributed by atoms with Gasteiger partial charge < -0.3 is 9.73 Å². The van der Waals surface area contributed by atoms with E-state index in [2.05, 4.69) is 37.1 Å². The lowest BCUT2D eigenvalue weighted by molar-refractivity contribution is 0.232. The summed E-state index contributed by atoms with van der Waals surface area (Å²) in [7, 11) is 0. The second-order valence-electron chi connectivity index (χ2n) is 6.17. The molecule has 1 N–H and O–H groups in total. The van der Waals surface area contributed by atoms with Crippen LogP contribution < -0.4 is 5.32 Å². The van der Waals surface area contributed by atoms with E-state index in [1.807, 2.05) is 0 Å². The van der Waals surface area contributed by atoms with Crippen LogP contribution in [-0.4, -0.2) is 24.5 Å². The second-order valence-corrected chi connectivity index (χ2v) is 6.17. The van der Waals surface area contributed by atoms with E-state index in [1.54, 1.807) is 0 Å². The monoisotopic (exact) mass is 278 g/mol. The Hall–Kier alpha value is -0.800. The minimum absolute atomic E-state index is 0.857. The Labute approximate surface area is 123 Å². The van der Waals surface area contributed by atoms with Crippen LogP contribution in [0.1, 0.15) is 56.6 Å². The SMILES string of the molecule is CCCNCc1oc(CN(CCC)CC2CC2)cc1C. The second kappa shape index (κ2) is 7.84. The minimum atomic E-state index is 0.857. The van der Waals surface area contributed by atoms with E-state index in [1.165, 1.54) is 37.9 Å². The molecular weight excluding hydrogens is 248 g/mol. The van der Waals surface area contributed by atoms with E-state index in [4.69, 9.17) is 4.42 Å². The molecule has 1 aliphatic carbocycles. The lowest BCUT2D eigenvalue weighted by atomic mass is 10.2. The fraction of sp³-hybridized carbons (Fsp3) is 0.765. The quantitative estimate of drug-likeness (QED) is 0.661. The molecule has 0 spiro atoms. The van der Waals surface area contributed by atoms with Crippen LogP contribution in [0.5, 0.6) is 0 Å². The molecule has 1 aliphatic rings. The predicted octanol–water partition coefficient (Wildman–Crippen LogP) is 3.71. The summed E-state index contributed by atoms with van der Waals surface area (Å²) in [6.07, 6.45) is 5.22. The molecule has 0 bridgehead atoms. The first-order valence-electron chi connectivity index (χ1n) is 8.24. The van der Waals surface area contributed by atoms with Crippen LogP contribution in [0.2, 0.25) is 0 Å². The summed E-state index contributed by atoms with van der Waals surface area (Å²) in [6, 6.07) is 2.22. The first-order chi connectivity index (χ1) is 9.72. The average Bonchev–Trinajstić information content (AvgIpc) is 3.15. The Morgan fingerprint density at radius 3 is 2.75 bits per heavy atom. The molecule has 1 fully saturated rings. The smallest absolute Gasteiger partial charge is 0.120 e. The topological polar surface area (TPSA) is 28.4 Å². The third-order valence-electron chi connectivity index (χ3n) is 3.92. The molecule has 0 atom stereocenters. The molecule has 20 heavy (non-hydrogen) atoms. The zero-order chi connectivity index (χ0) is 14.4. The Morgan fingerprint density at radius 2 is 2.10 bits per heavy atom. The Balaban J connectivity index is 1.87. The highest BCUT2D eigenvalue weighted by molar-refractivity contribution is 5.20. The van der Waals surface area contributed by atoms with E-state index >= 15 is 0 Å². The van der Waals surface area contributed by atoms with Gasteiger partial charge in [-0.3, -0.25) is 4.90 Å². The molecule has 0 aliphatic heterocycles. The maximum atomic E-state index is 6.04. The van der Waals surface area contributed by atoms with Crippen molar-refractivity contribution in [1.29, 1.82) is 0 Å². The molecule has 1 saturated carbocycles. The highest BCUT2D eigenvalue weighted by atomic mass is 16.3. The van der Waals surface area contributed by atoms with Crippen LogP contribution >= 0.6 is 0 Å². The van der Waals surface area contributed by atoms with Crippen LogP contribution in [0, 0.1) is 12.8 Å². The van der Waals surface area contributed by atoms with Crippen molar-refractivity contribution in [3.05, 3.63) is 23.2 Å². The van der Waals surface area contributed by atoms with E-state index in [-0.39, 0.29) is 0 Å². The first kappa shape index (κ1) is 15.6. The molecule has 0 aromatic carbocycles. The highest BCUT2D eigenvalue weighted by Gasteiger charge is 2.24. The van der Waals surface area contributed by atoms with E-state index in [0.717, 1.165) is 43.5 Å². The van der Waals surface area contributed by atoms with Gasteiger partial charge in [0, 0.05) is 6.54 Å². The lowest BCUT2D eigenvalue weighted by Gasteiger charge is -2.20. The number of rotatable bonds is 10. The molecule has 0 saturated heterocycles. The molecule has 3 nitrogen and oxygen atoms in total. The third-order valence-corrected chi connectivity index (χ3v) is 3.92. The van der Waals surface area contributed by atoms with Gasteiger partial charge in [0.15, 0.2) is 0 Å². The van der Waals surface area contributed by atoms with Crippen molar-refractivity contribution in [2.75, 3.05) is 19.6 Å². The van der Waals surface area contributed by atoms with Gasteiger partial charge in [0.05, 0.1) is 13.1 Å². The molecule has 0 radical (unpaired) electrons. The standard InChI is InChI=1S/C17H30N2O/c1-4-8-18-11-17-14(3)10-16(20-17)13-19(9-5-2)12-15-6-7-15/h10,15,18H,4-9,11-13H2,1-3H3. The molecule has 0 amide bonds. The van der Waals surface area contributed by atoms with Gasteiger partial charge in [-0.2, -0.15) is 0 Å². The predicted molar refractivity (Wildman–Crippen MR) is 83.7 cm³/mol. The maximum Gasteiger partial charge on any atom is 0.120 e. The molecule has 2 rings (SSSR count). The van der Waals surface area contributed by atoms with E-state index < -0.39 is 0 Å². The van der Waals surface area contributed by atoms with Gasteiger partial charge in [-0.25, -0.2) is 0 Å². The van der Waals surface area contributed by atoms with Crippen molar-refractivity contribution in [2.45, 2.75) is 59.5 Å². The molecule has 1 aromatic heterocycles. The van der Waals surface area contributed by atoms with E-state index in [9.17, 15) is 0 Å². The van der Waals surface area contributed by atoms with Crippen LogP contribution in [0.4, 0.5) is 0 Å². The van der Waals surface area contributed by atoms with Crippen molar-refractivity contribution < 1.29 is 4.42 Å². The summed E-state index contributed by atoms with van der Waals surface area (Å²) in [5, 5.41) is 3.42. The molecule has 1 aromatic rings. The van der Waals surface area contributed by atoms with Crippen LogP contribution in [0.3, 0.4) is 0 Å². The lowest BCUT2D eigenvalue weighted by Crippen LogP contribution is -2.26. The number of hydrogen-bond acceptors (Lipinski definition) is 3. The van der Waals surface area contributed by atoms with Gasteiger partial charge in [0.2, 0.25) is 0 Å². The van der Waals surface area contributed by atoms with Crippen molar-refractivity contribution >= 4 is 0 Å². The summed E-state index contributed by atoms with van der Waals surface area (Å²) in [5.41, 5.74) is 1.28. The number of hydrogen-bond donors (Lipinski definition) is 1. The number of nitrogens with one attached hydrogen (secondary N) is 1. The van der Waals surface area contributed by atoms with Crippen LogP contribution in [0.25, 0.3) is 0 Å². The summed E-state index contributed by atoms with van der Waals surface area (Å²) < 4.78 is 6.04. The van der Waals surface area contributed by atoms with Gasteiger partial charge in [0.1, 0.15) is 11.5 Å². The van der Waals surface area contributed by atoms with Gasteiger partial charge >= 0.3 is 0 Å². The van der Waals surface area contributed by atoms with Crippen LogP contribution in [-0.2, 0) is 13.1 Å². The van der Waals surface area contributed by atoms with Crippen LogP contribution in [0.15, 0.2) is 10.5 Å². The van der Waals surface area contributed by atoms with E-state index in [0.29, 0.717) is 0 Å². The summed E-state index contributed by atoms with van der Waals surface area (Å²) in [4.78, 5) is 2.55. The fourth-order valence-corrected chi connectivity index (χ4v) is 2.66. The Morgan fingerprint density at radius 1 is 1.30 bits per heavy atom. The number of furan rings is 1. The van der Waals surface area contributed by atoms with Crippen molar-refractivity contribution in [3.8, 4) is 0 Å². The zero-order valence-corrected chi connectivity index (χ0v) is 13.4.